The maximum absolute atomic E-state index is 11.9. The number of aromatic nitrogens is 3. The summed E-state index contributed by atoms with van der Waals surface area (Å²) >= 11 is 3.28. The minimum atomic E-state index is -3.53. The van der Waals surface area contributed by atoms with Crippen LogP contribution in [0.15, 0.2) is 33.9 Å². The highest BCUT2D eigenvalue weighted by atomic mass is 79.9. The molecule has 17 heavy (non-hydrogen) atoms. The van der Waals surface area contributed by atoms with Gasteiger partial charge in [-0.3, -0.25) is 0 Å². The van der Waals surface area contributed by atoms with Crippen molar-refractivity contribution in [2.75, 3.05) is 5.73 Å². The highest BCUT2D eigenvalue weighted by molar-refractivity contribution is 9.10. The molecule has 0 aliphatic rings. The maximum Gasteiger partial charge on any atom is 0.245 e. The average molecular weight is 317 g/mol. The van der Waals surface area contributed by atoms with Gasteiger partial charge in [-0.2, -0.15) is 4.98 Å². The summed E-state index contributed by atoms with van der Waals surface area (Å²) in [6.07, 6.45) is 0. The van der Waals surface area contributed by atoms with Gasteiger partial charge in [-0.25, -0.2) is 13.5 Å². The summed E-state index contributed by atoms with van der Waals surface area (Å²) in [6, 6.07) is 7.00. The number of rotatable bonds is 3. The van der Waals surface area contributed by atoms with Gasteiger partial charge >= 0.3 is 0 Å². The molecule has 1 aromatic carbocycles. The Morgan fingerprint density at radius 2 is 1.94 bits per heavy atom. The molecule has 0 atom stereocenters. The van der Waals surface area contributed by atoms with E-state index in [0.29, 0.717) is 5.56 Å². The number of H-pyrrole nitrogens is 1. The third kappa shape index (κ3) is 2.83. The summed E-state index contributed by atoms with van der Waals surface area (Å²) in [5, 5.41) is 5.58. The molecule has 0 saturated carbocycles. The number of nitrogens with zero attached hydrogens (tertiary/aromatic N) is 2. The van der Waals surface area contributed by atoms with Crippen LogP contribution in [0.5, 0.6) is 0 Å². The Morgan fingerprint density at radius 1 is 1.29 bits per heavy atom. The van der Waals surface area contributed by atoms with Crippen LogP contribution in [0.2, 0.25) is 0 Å². The minimum Gasteiger partial charge on any atom is -0.366 e. The highest BCUT2D eigenvalue weighted by Crippen LogP contribution is 2.16. The molecular weight excluding hydrogens is 308 g/mol. The van der Waals surface area contributed by atoms with E-state index in [0.717, 1.165) is 4.47 Å². The highest BCUT2D eigenvalue weighted by Gasteiger charge is 2.19. The van der Waals surface area contributed by atoms with E-state index in [1.54, 1.807) is 24.3 Å². The molecule has 0 fully saturated rings. The van der Waals surface area contributed by atoms with E-state index < -0.39 is 9.84 Å². The molecule has 1 heterocycles. The van der Waals surface area contributed by atoms with Crippen LogP contribution in [-0.2, 0) is 15.6 Å². The summed E-state index contributed by atoms with van der Waals surface area (Å²) < 4.78 is 24.7. The Hall–Kier alpha value is -1.41. The zero-order chi connectivity index (χ0) is 12.5. The molecule has 8 heteroatoms. The van der Waals surface area contributed by atoms with Gasteiger partial charge in [0.1, 0.15) is 0 Å². The lowest BCUT2D eigenvalue weighted by Crippen LogP contribution is -2.07. The van der Waals surface area contributed by atoms with Gasteiger partial charge in [-0.1, -0.05) is 28.1 Å². The number of anilines is 1. The van der Waals surface area contributed by atoms with Crippen molar-refractivity contribution in [3.8, 4) is 0 Å². The van der Waals surface area contributed by atoms with E-state index in [9.17, 15) is 8.42 Å². The molecule has 0 saturated heterocycles. The van der Waals surface area contributed by atoms with E-state index in [4.69, 9.17) is 5.73 Å². The van der Waals surface area contributed by atoms with E-state index in [2.05, 4.69) is 31.1 Å². The molecule has 2 rings (SSSR count). The lowest BCUT2D eigenvalue weighted by Gasteiger charge is -2.01. The van der Waals surface area contributed by atoms with Gasteiger partial charge in [0.2, 0.25) is 20.9 Å². The van der Waals surface area contributed by atoms with Crippen molar-refractivity contribution in [3.05, 3.63) is 34.3 Å². The molecule has 0 aliphatic heterocycles. The molecule has 0 aliphatic carbocycles. The quantitative estimate of drug-likeness (QED) is 0.883. The summed E-state index contributed by atoms with van der Waals surface area (Å²) in [5.74, 6) is -0.228. The van der Waals surface area contributed by atoms with Crippen LogP contribution in [0.3, 0.4) is 0 Å². The van der Waals surface area contributed by atoms with Crippen LogP contribution >= 0.6 is 15.9 Å². The fourth-order valence-corrected chi connectivity index (χ4v) is 2.72. The van der Waals surface area contributed by atoms with Gasteiger partial charge in [-0.05, 0) is 17.7 Å². The first-order valence-electron chi connectivity index (χ1n) is 4.62. The van der Waals surface area contributed by atoms with Crippen molar-refractivity contribution in [1.29, 1.82) is 0 Å². The molecule has 1 aromatic heterocycles. The lowest BCUT2D eigenvalue weighted by molar-refractivity contribution is 0.587. The third-order valence-corrected chi connectivity index (χ3v) is 4.06. The number of halogens is 1. The van der Waals surface area contributed by atoms with Crippen molar-refractivity contribution >= 4 is 31.7 Å². The minimum absolute atomic E-state index is 0.0839. The largest absolute Gasteiger partial charge is 0.366 e. The number of nitrogens with two attached hydrogens (primary N) is 1. The molecule has 0 amide bonds. The van der Waals surface area contributed by atoms with Crippen molar-refractivity contribution in [2.24, 2.45) is 0 Å². The third-order valence-electron chi connectivity index (χ3n) is 2.05. The second kappa shape index (κ2) is 4.46. The number of nitrogens with one attached hydrogen (secondary N) is 1. The maximum atomic E-state index is 11.9. The van der Waals surface area contributed by atoms with Gasteiger partial charge < -0.3 is 5.73 Å². The Labute approximate surface area is 106 Å². The first-order valence-corrected chi connectivity index (χ1v) is 7.07. The second-order valence-electron chi connectivity index (χ2n) is 3.38. The predicted molar refractivity (Wildman–Crippen MR) is 65.8 cm³/mol. The van der Waals surface area contributed by atoms with Crippen molar-refractivity contribution in [2.45, 2.75) is 10.9 Å². The fraction of sp³-hybridized carbons (Fsp3) is 0.111. The molecule has 6 nitrogen and oxygen atoms in total. The van der Waals surface area contributed by atoms with Gasteiger partial charge in [0.05, 0.1) is 5.75 Å². The van der Waals surface area contributed by atoms with Crippen LogP contribution in [0.4, 0.5) is 5.95 Å². The summed E-state index contributed by atoms with van der Waals surface area (Å²) in [5.41, 5.74) is 5.93. The molecule has 0 radical (unpaired) electrons. The Balaban J connectivity index is 2.26. The van der Waals surface area contributed by atoms with Gasteiger partial charge in [0, 0.05) is 4.47 Å². The Kier molecular flexibility index (Phi) is 3.16. The van der Waals surface area contributed by atoms with Crippen molar-refractivity contribution < 1.29 is 8.42 Å². The number of sulfone groups is 1. The molecule has 0 spiro atoms. The van der Waals surface area contributed by atoms with Crippen molar-refractivity contribution in [1.82, 2.24) is 15.2 Å². The number of hydrogen-bond acceptors (Lipinski definition) is 5. The average Bonchev–Trinajstić information content (AvgIpc) is 2.69. The van der Waals surface area contributed by atoms with Crippen LogP contribution in [0.1, 0.15) is 5.56 Å². The van der Waals surface area contributed by atoms with E-state index in [1.165, 1.54) is 0 Å². The standard InChI is InChI=1S/C9H9BrN4O2S/c10-7-3-1-6(2-4-7)5-17(15,16)9-12-8(11)13-14-9/h1-4H,5H2,(H3,11,12,13,14). The summed E-state index contributed by atoms with van der Waals surface area (Å²) in [6.45, 7) is 0. The van der Waals surface area contributed by atoms with Gasteiger partial charge in [0.25, 0.3) is 0 Å². The predicted octanol–water partition coefficient (Wildman–Crippen LogP) is 1.12. The number of hydrogen-bond donors (Lipinski definition) is 2. The van der Waals surface area contributed by atoms with E-state index in [-0.39, 0.29) is 16.9 Å². The van der Waals surface area contributed by atoms with Gasteiger partial charge in [0.15, 0.2) is 0 Å². The normalized spacial score (nSPS) is 11.6. The molecule has 0 unspecified atom stereocenters. The monoisotopic (exact) mass is 316 g/mol. The summed E-state index contributed by atoms with van der Waals surface area (Å²) in [4.78, 5) is 3.61. The Morgan fingerprint density at radius 3 is 2.47 bits per heavy atom. The molecule has 90 valence electrons. The first kappa shape index (κ1) is 12.1. The van der Waals surface area contributed by atoms with E-state index in [1.807, 2.05) is 0 Å². The van der Waals surface area contributed by atoms with Gasteiger partial charge in [-0.15, -0.1) is 5.10 Å². The van der Waals surface area contributed by atoms with Crippen molar-refractivity contribution in [3.63, 3.8) is 0 Å². The van der Waals surface area contributed by atoms with Crippen LogP contribution in [0, 0.1) is 0 Å². The number of benzene rings is 1. The SMILES string of the molecule is Nc1n[nH]c(S(=O)(=O)Cc2ccc(Br)cc2)n1. The van der Waals surface area contributed by atoms with E-state index >= 15 is 0 Å². The molecule has 2 aromatic rings. The molecular formula is C9H9BrN4O2S. The number of nitrogen functional groups attached to an aromatic ring is 1. The molecule has 3 N–H and O–H groups in total. The topological polar surface area (TPSA) is 102 Å². The molecule has 0 bridgehead atoms. The first-order chi connectivity index (χ1) is 7.97. The second-order valence-corrected chi connectivity index (χ2v) is 6.20. The summed E-state index contributed by atoms with van der Waals surface area (Å²) in [7, 11) is -3.53. The van der Waals surface area contributed by atoms with Crippen LogP contribution in [0.25, 0.3) is 0 Å². The smallest absolute Gasteiger partial charge is 0.245 e. The lowest BCUT2D eigenvalue weighted by atomic mass is 10.2. The van der Waals surface area contributed by atoms with Crippen LogP contribution in [-0.4, -0.2) is 23.6 Å². The van der Waals surface area contributed by atoms with Crippen LogP contribution < -0.4 is 5.73 Å². The number of aromatic amines is 1. The zero-order valence-corrected chi connectivity index (χ0v) is 11.0. The Bertz CT molecular complexity index is 621. The zero-order valence-electron chi connectivity index (χ0n) is 8.59. The fourth-order valence-electron chi connectivity index (χ4n) is 1.27.